The molecule has 1 aliphatic heterocycles. The molecule has 0 aromatic heterocycles. The number of hydrogen-bond acceptors (Lipinski definition) is 2. The van der Waals surface area contributed by atoms with Gasteiger partial charge in [0.1, 0.15) is 11.9 Å². The number of rotatable bonds is 2. The maximum atomic E-state index is 6.11. The molecule has 3 heteroatoms. The molecule has 0 spiro atoms. The Hall–Kier alpha value is -0.290. The second-order valence-corrected chi connectivity index (χ2v) is 7.37. The van der Waals surface area contributed by atoms with Gasteiger partial charge >= 0.3 is 0 Å². The predicted molar refractivity (Wildman–Crippen MR) is 84.4 cm³/mol. The minimum Gasteiger partial charge on any atom is -0.490 e. The van der Waals surface area contributed by atoms with E-state index >= 15 is 0 Å². The van der Waals surface area contributed by atoms with Gasteiger partial charge in [0.25, 0.3) is 0 Å². The highest BCUT2D eigenvalue weighted by atomic mass is 127. The molecule has 1 aromatic carbocycles. The fraction of sp³-hybridized carbons (Fsp3) is 0.600. The third-order valence-corrected chi connectivity index (χ3v) is 4.36. The van der Waals surface area contributed by atoms with E-state index in [-0.39, 0.29) is 5.41 Å². The van der Waals surface area contributed by atoms with Crippen molar-refractivity contribution in [1.29, 1.82) is 0 Å². The lowest BCUT2D eigenvalue weighted by atomic mass is 9.87. The first-order chi connectivity index (χ1) is 8.45. The van der Waals surface area contributed by atoms with Crippen molar-refractivity contribution in [3.05, 3.63) is 29.8 Å². The van der Waals surface area contributed by atoms with Crippen LogP contribution < -0.4 is 4.74 Å². The van der Waals surface area contributed by atoms with E-state index in [0.29, 0.717) is 6.10 Å². The largest absolute Gasteiger partial charge is 0.490 e. The molecule has 0 bridgehead atoms. The number of ether oxygens (including phenoxy) is 1. The van der Waals surface area contributed by atoms with E-state index in [9.17, 15) is 0 Å². The van der Waals surface area contributed by atoms with E-state index < -0.39 is 0 Å². The Morgan fingerprint density at radius 2 is 1.89 bits per heavy atom. The molecule has 2 nitrogen and oxygen atoms in total. The van der Waals surface area contributed by atoms with Crippen LogP contribution in [0.2, 0.25) is 0 Å². The SMILES string of the molecule is CC(C)(C)c1cccc(OC2CCN(I)CC2)c1. The highest BCUT2D eigenvalue weighted by Crippen LogP contribution is 2.27. The quantitative estimate of drug-likeness (QED) is 0.580. The fourth-order valence-corrected chi connectivity index (χ4v) is 2.73. The Morgan fingerprint density at radius 3 is 2.50 bits per heavy atom. The topological polar surface area (TPSA) is 12.5 Å². The van der Waals surface area contributed by atoms with E-state index in [1.165, 1.54) is 5.56 Å². The van der Waals surface area contributed by atoms with Crippen molar-refractivity contribution < 1.29 is 4.74 Å². The van der Waals surface area contributed by atoms with Crippen molar-refractivity contribution in [1.82, 2.24) is 3.11 Å². The second kappa shape index (κ2) is 5.78. The second-order valence-electron chi connectivity index (χ2n) is 6.00. The maximum absolute atomic E-state index is 6.11. The Kier molecular flexibility index (Phi) is 4.54. The first-order valence-electron chi connectivity index (χ1n) is 6.63. The van der Waals surface area contributed by atoms with Gasteiger partial charge in [0, 0.05) is 36.0 Å². The Labute approximate surface area is 124 Å². The van der Waals surface area contributed by atoms with Crippen LogP contribution in [-0.2, 0) is 5.41 Å². The van der Waals surface area contributed by atoms with Crippen molar-refractivity contribution in [3.63, 3.8) is 0 Å². The minimum atomic E-state index is 0.185. The van der Waals surface area contributed by atoms with Crippen molar-refractivity contribution in [2.24, 2.45) is 0 Å². The van der Waals surface area contributed by atoms with Crippen LogP contribution in [-0.4, -0.2) is 22.3 Å². The van der Waals surface area contributed by atoms with Crippen molar-refractivity contribution in [2.45, 2.75) is 45.1 Å². The smallest absolute Gasteiger partial charge is 0.120 e. The van der Waals surface area contributed by atoms with Crippen molar-refractivity contribution >= 4 is 22.9 Å². The molecule has 0 unspecified atom stereocenters. The van der Waals surface area contributed by atoms with Crippen LogP contribution >= 0.6 is 22.9 Å². The van der Waals surface area contributed by atoms with Crippen molar-refractivity contribution in [3.8, 4) is 5.75 Å². The summed E-state index contributed by atoms with van der Waals surface area (Å²) in [5.74, 6) is 1.02. The average molecular weight is 359 g/mol. The van der Waals surface area contributed by atoms with E-state index in [1.54, 1.807) is 0 Å². The summed E-state index contributed by atoms with van der Waals surface area (Å²) in [4.78, 5) is 0. The molecule has 0 amide bonds. The molecule has 1 aromatic rings. The lowest BCUT2D eigenvalue weighted by Crippen LogP contribution is -2.32. The fourth-order valence-electron chi connectivity index (χ4n) is 2.17. The molecule has 0 radical (unpaired) electrons. The van der Waals surface area contributed by atoms with Gasteiger partial charge in [-0.15, -0.1) is 0 Å². The summed E-state index contributed by atoms with van der Waals surface area (Å²) in [6.45, 7) is 8.97. The number of halogens is 1. The van der Waals surface area contributed by atoms with Crippen molar-refractivity contribution in [2.75, 3.05) is 13.1 Å². The highest BCUT2D eigenvalue weighted by Gasteiger charge is 2.20. The molecule has 2 rings (SSSR count). The molecule has 0 atom stereocenters. The van der Waals surface area contributed by atoms with Crippen LogP contribution in [0, 0.1) is 0 Å². The summed E-state index contributed by atoms with van der Waals surface area (Å²) in [5, 5.41) is 0. The van der Waals surface area contributed by atoms with E-state index in [2.05, 4.69) is 71.0 Å². The van der Waals surface area contributed by atoms with Gasteiger partial charge in [-0.3, -0.25) is 0 Å². The molecule has 1 aliphatic rings. The van der Waals surface area contributed by atoms with E-state index in [1.807, 2.05) is 0 Å². The first kappa shape index (κ1) is 14.1. The first-order valence-corrected chi connectivity index (χ1v) is 7.59. The molecular formula is C15H22INO. The summed E-state index contributed by atoms with van der Waals surface area (Å²) in [5.41, 5.74) is 1.52. The lowest BCUT2D eigenvalue weighted by molar-refractivity contribution is 0.144. The maximum Gasteiger partial charge on any atom is 0.120 e. The number of piperidine rings is 1. The van der Waals surface area contributed by atoms with Gasteiger partial charge in [0.2, 0.25) is 0 Å². The summed E-state index contributed by atoms with van der Waals surface area (Å²) >= 11 is 2.39. The molecule has 1 saturated heterocycles. The summed E-state index contributed by atoms with van der Waals surface area (Å²) in [6, 6.07) is 8.55. The monoisotopic (exact) mass is 359 g/mol. The van der Waals surface area contributed by atoms with Gasteiger partial charge in [-0.05, 0) is 36.0 Å². The zero-order valence-electron chi connectivity index (χ0n) is 11.4. The van der Waals surface area contributed by atoms with Gasteiger partial charge < -0.3 is 4.74 Å². The minimum absolute atomic E-state index is 0.185. The lowest BCUT2D eigenvalue weighted by Gasteiger charge is -2.28. The molecule has 0 N–H and O–H groups in total. The zero-order valence-corrected chi connectivity index (χ0v) is 13.6. The molecule has 1 fully saturated rings. The van der Waals surface area contributed by atoms with Crippen LogP contribution in [0.5, 0.6) is 5.75 Å². The average Bonchev–Trinajstić information content (AvgIpc) is 2.31. The number of nitrogens with zero attached hydrogens (tertiary/aromatic N) is 1. The zero-order chi connectivity index (χ0) is 13.2. The predicted octanol–water partition coefficient (Wildman–Crippen LogP) is 4.18. The van der Waals surface area contributed by atoms with Crippen LogP contribution in [0.1, 0.15) is 39.2 Å². The Balaban J connectivity index is 2.01. The molecule has 1 heterocycles. The summed E-state index contributed by atoms with van der Waals surface area (Å²) in [6.07, 6.45) is 2.64. The Morgan fingerprint density at radius 1 is 1.22 bits per heavy atom. The third kappa shape index (κ3) is 3.85. The molecular weight excluding hydrogens is 337 g/mol. The van der Waals surface area contributed by atoms with Gasteiger partial charge in [-0.1, -0.05) is 32.9 Å². The summed E-state index contributed by atoms with van der Waals surface area (Å²) < 4.78 is 8.45. The highest BCUT2D eigenvalue weighted by molar-refractivity contribution is 14.1. The van der Waals surface area contributed by atoms with Gasteiger partial charge in [-0.25, -0.2) is 3.11 Å². The van der Waals surface area contributed by atoms with Gasteiger partial charge in [0.05, 0.1) is 0 Å². The normalized spacial score (nSPS) is 18.9. The van der Waals surface area contributed by atoms with E-state index in [0.717, 1.165) is 31.7 Å². The Bertz CT molecular complexity index is 392. The number of benzene rings is 1. The van der Waals surface area contributed by atoms with Crippen LogP contribution in [0.3, 0.4) is 0 Å². The molecule has 0 saturated carbocycles. The molecule has 18 heavy (non-hydrogen) atoms. The van der Waals surface area contributed by atoms with Gasteiger partial charge in [-0.2, -0.15) is 0 Å². The van der Waals surface area contributed by atoms with Crippen LogP contribution in [0.15, 0.2) is 24.3 Å². The standard InChI is InChI=1S/C15H22INO/c1-15(2,3)12-5-4-6-14(11-12)18-13-7-9-17(16)10-8-13/h4-6,11,13H,7-10H2,1-3H3. The number of hydrogen-bond donors (Lipinski definition) is 0. The molecule has 100 valence electrons. The van der Waals surface area contributed by atoms with E-state index in [4.69, 9.17) is 4.74 Å². The summed E-state index contributed by atoms with van der Waals surface area (Å²) in [7, 11) is 0. The van der Waals surface area contributed by atoms with Gasteiger partial charge in [0.15, 0.2) is 0 Å². The van der Waals surface area contributed by atoms with Crippen LogP contribution in [0.25, 0.3) is 0 Å². The van der Waals surface area contributed by atoms with Crippen LogP contribution in [0.4, 0.5) is 0 Å². The molecule has 0 aliphatic carbocycles. The third-order valence-electron chi connectivity index (χ3n) is 3.39.